The van der Waals surface area contributed by atoms with Crippen molar-refractivity contribution in [2.75, 3.05) is 32.6 Å². The van der Waals surface area contributed by atoms with Crippen LogP contribution in [-0.2, 0) is 4.79 Å². The number of halogens is 3. The van der Waals surface area contributed by atoms with E-state index in [1.54, 1.807) is 24.3 Å². The number of hydrogen-bond acceptors (Lipinski definition) is 4. The summed E-state index contributed by atoms with van der Waals surface area (Å²) in [4.78, 5) is 12.8. The molecule has 0 aromatic heterocycles. The Kier molecular flexibility index (Phi) is 5.98. The Morgan fingerprint density at radius 3 is 2.71 bits per heavy atom. The van der Waals surface area contributed by atoms with Crippen molar-refractivity contribution in [1.82, 2.24) is 4.90 Å². The highest BCUT2D eigenvalue weighted by Gasteiger charge is 2.38. The molecule has 21 heavy (non-hydrogen) atoms. The summed E-state index contributed by atoms with van der Waals surface area (Å²) in [5, 5.41) is 11.4. The molecule has 0 bridgehead atoms. The van der Waals surface area contributed by atoms with Crippen LogP contribution in [0.2, 0.25) is 0 Å². The van der Waals surface area contributed by atoms with Gasteiger partial charge in [-0.05, 0) is 19.2 Å². The van der Waals surface area contributed by atoms with Gasteiger partial charge in [-0.25, -0.2) is 0 Å². The van der Waals surface area contributed by atoms with Crippen molar-refractivity contribution in [2.24, 2.45) is 0 Å². The number of aliphatic hydroxyl groups is 1. The highest BCUT2D eigenvalue weighted by atomic mass is 19.4. The number of ether oxygens (including phenoxy) is 1. The largest absolute Gasteiger partial charge is 0.497 e. The van der Waals surface area contributed by atoms with E-state index >= 15 is 0 Å². The van der Waals surface area contributed by atoms with Crippen LogP contribution in [0.15, 0.2) is 24.3 Å². The van der Waals surface area contributed by atoms with Crippen LogP contribution in [0.3, 0.4) is 0 Å². The van der Waals surface area contributed by atoms with Gasteiger partial charge in [-0.1, -0.05) is 6.07 Å². The SMILES string of the molecule is COc1cccc(NC(=O)CN(C)CC(O)C(F)(F)F)c1. The van der Waals surface area contributed by atoms with Gasteiger partial charge in [0.05, 0.1) is 13.7 Å². The minimum atomic E-state index is -4.70. The van der Waals surface area contributed by atoms with Crippen LogP contribution in [-0.4, -0.2) is 55.4 Å². The number of aliphatic hydroxyl groups excluding tert-OH is 1. The molecule has 1 aromatic rings. The van der Waals surface area contributed by atoms with Crippen LogP contribution >= 0.6 is 0 Å². The summed E-state index contributed by atoms with van der Waals surface area (Å²) in [6, 6.07) is 6.58. The van der Waals surface area contributed by atoms with E-state index in [1.165, 1.54) is 14.2 Å². The molecule has 0 radical (unpaired) electrons. The summed E-state index contributed by atoms with van der Waals surface area (Å²) in [7, 11) is 2.80. The van der Waals surface area contributed by atoms with Crippen molar-refractivity contribution in [3.63, 3.8) is 0 Å². The zero-order chi connectivity index (χ0) is 16.0. The highest BCUT2D eigenvalue weighted by molar-refractivity contribution is 5.92. The smallest absolute Gasteiger partial charge is 0.415 e. The van der Waals surface area contributed by atoms with Crippen molar-refractivity contribution in [3.8, 4) is 5.75 Å². The normalized spacial score (nSPS) is 13.1. The molecule has 1 aromatic carbocycles. The molecule has 1 unspecified atom stereocenters. The van der Waals surface area contributed by atoms with Crippen molar-refractivity contribution >= 4 is 11.6 Å². The van der Waals surface area contributed by atoms with E-state index in [0.29, 0.717) is 11.4 Å². The van der Waals surface area contributed by atoms with Crippen molar-refractivity contribution in [3.05, 3.63) is 24.3 Å². The van der Waals surface area contributed by atoms with E-state index < -0.39 is 24.7 Å². The van der Waals surface area contributed by atoms with E-state index in [-0.39, 0.29) is 6.54 Å². The van der Waals surface area contributed by atoms with Crippen molar-refractivity contribution in [2.45, 2.75) is 12.3 Å². The summed E-state index contributed by atoms with van der Waals surface area (Å²) in [5.41, 5.74) is 0.476. The second kappa shape index (κ2) is 7.28. The van der Waals surface area contributed by atoms with Crippen LogP contribution in [0.25, 0.3) is 0 Å². The summed E-state index contributed by atoms with van der Waals surface area (Å²) in [6.45, 7) is -0.945. The van der Waals surface area contributed by atoms with Gasteiger partial charge in [-0.3, -0.25) is 9.69 Å². The number of nitrogens with one attached hydrogen (secondary N) is 1. The summed E-state index contributed by atoms with van der Waals surface area (Å²) in [6.07, 6.45) is -7.18. The number of carbonyl (C=O) groups is 1. The Morgan fingerprint density at radius 1 is 1.48 bits per heavy atom. The number of likely N-dealkylation sites (N-methyl/N-ethyl adjacent to an activating group) is 1. The van der Waals surface area contributed by atoms with Crippen LogP contribution in [0.4, 0.5) is 18.9 Å². The van der Waals surface area contributed by atoms with Crippen LogP contribution in [0, 0.1) is 0 Å². The molecule has 8 heteroatoms. The average Bonchev–Trinajstić information content (AvgIpc) is 2.37. The molecule has 118 valence electrons. The molecule has 0 saturated carbocycles. The Labute approximate surface area is 120 Å². The second-order valence-electron chi connectivity index (χ2n) is 4.53. The number of carbonyl (C=O) groups excluding carboxylic acids is 1. The molecule has 0 spiro atoms. The number of rotatable bonds is 6. The van der Waals surface area contributed by atoms with Gasteiger partial charge in [0.15, 0.2) is 6.10 Å². The molecule has 0 aliphatic rings. The molecule has 1 rings (SSSR count). The maximum absolute atomic E-state index is 12.2. The Morgan fingerprint density at radius 2 is 2.14 bits per heavy atom. The molecule has 0 heterocycles. The van der Waals surface area contributed by atoms with Gasteiger partial charge in [0.1, 0.15) is 5.75 Å². The quantitative estimate of drug-likeness (QED) is 0.836. The average molecular weight is 306 g/mol. The summed E-state index contributed by atoms with van der Waals surface area (Å²) in [5.74, 6) is 0.0637. The number of alkyl halides is 3. The van der Waals surface area contributed by atoms with Crippen LogP contribution in [0.1, 0.15) is 0 Å². The number of amides is 1. The standard InChI is InChI=1S/C13H17F3N2O3/c1-18(7-11(19)13(14,15)16)8-12(20)17-9-4-3-5-10(6-9)21-2/h3-6,11,19H,7-8H2,1-2H3,(H,17,20). The lowest BCUT2D eigenvalue weighted by Gasteiger charge is -2.21. The Balaban J connectivity index is 2.49. The van der Waals surface area contributed by atoms with Crippen LogP contribution in [0.5, 0.6) is 5.75 Å². The fourth-order valence-electron chi connectivity index (χ4n) is 1.61. The fraction of sp³-hybridized carbons (Fsp3) is 0.462. The van der Waals surface area contributed by atoms with E-state index in [1.807, 2.05) is 0 Å². The first kappa shape index (κ1) is 17.3. The van der Waals surface area contributed by atoms with Gasteiger partial charge in [0, 0.05) is 18.3 Å². The molecule has 0 aliphatic carbocycles. The summed E-state index contributed by atoms with van der Waals surface area (Å²) >= 11 is 0. The van der Waals surface area contributed by atoms with E-state index in [0.717, 1.165) is 4.90 Å². The van der Waals surface area contributed by atoms with E-state index in [4.69, 9.17) is 9.84 Å². The van der Waals surface area contributed by atoms with Crippen LogP contribution < -0.4 is 10.1 Å². The molecular weight excluding hydrogens is 289 g/mol. The molecule has 1 amide bonds. The first-order valence-electron chi connectivity index (χ1n) is 6.09. The molecular formula is C13H17F3N2O3. The molecule has 1 atom stereocenters. The predicted molar refractivity (Wildman–Crippen MR) is 71.2 cm³/mol. The first-order valence-corrected chi connectivity index (χ1v) is 6.09. The van der Waals surface area contributed by atoms with Gasteiger partial charge in [0.2, 0.25) is 5.91 Å². The number of hydrogen-bond donors (Lipinski definition) is 2. The zero-order valence-electron chi connectivity index (χ0n) is 11.6. The Hall–Kier alpha value is -1.80. The minimum absolute atomic E-state index is 0.273. The van der Waals surface area contributed by atoms with Gasteiger partial charge in [-0.15, -0.1) is 0 Å². The topological polar surface area (TPSA) is 61.8 Å². The monoisotopic (exact) mass is 306 g/mol. The lowest BCUT2D eigenvalue weighted by molar-refractivity contribution is -0.207. The second-order valence-corrected chi connectivity index (χ2v) is 4.53. The lowest BCUT2D eigenvalue weighted by atomic mass is 10.3. The molecule has 2 N–H and O–H groups in total. The number of anilines is 1. The molecule has 0 aliphatic heterocycles. The third-order valence-corrected chi connectivity index (χ3v) is 2.63. The van der Waals surface area contributed by atoms with Crippen molar-refractivity contribution < 1.29 is 27.8 Å². The van der Waals surface area contributed by atoms with Gasteiger partial charge < -0.3 is 15.2 Å². The van der Waals surface area contributed by atoms with Gasteiger partial charge in [-0.2, -0.15) is 13.2 Å². The van der Waals surface area contributed by atoms with E-state index in [9.17, 15) is 18.0 Å². The lowest BCUT2D eigenvalue weighted by Crippen LogP contribution is -2.42. The van der Waals surface area contributed by atoms with Gasteiger partial charge >= 0.3 is 6.18 Å². The number of benzene rings is 1. The number of methoxy groups -OCH3 is 1. The van der Waals surface area contributed by atoms with Crippen molar-refractivity contribution in [1.29, 1.82) is 0 Å². The molecule has 5 nitrogen and oxygen atoms in total. The molecule has 0 saturated heterocycles. The highest BCUT2D eigenvalue weighted by Crippen LogP contribution is 2.20. The maximum Gasteiger partial charge on any atom is 0.415 e. The predicted octanol–water partition coefficient (Wildman–Crippen LogP) is 1.49. The third-order valence-electron chi connectivity index (χ3n) is 2.63. The Bertz CT molecular complexity index is 480. The zero-order valence-corrected chi connectivity index (χ0v) is 11.6. The third kappa shape index (κ3) is 6.01. The molecule has 0 fully saturated rings. The minimum Gasteiger partial charge on any atom is -0.497 e. The fourth-order valence-corrected chi connectivity index (χ4v) is 1.61. The van der Waals surface area contributed by atoms with E-state index in [2.05, 4.69) is 5.32 Å². The summed E-state index contributed by atoms with van der Waals surface area (Å²) < 4.78 is 41.5. The first-order chi connectivity index (χ1) is 9.72. The number of nitrogens with zero attached hydrogens (tertiary/aromatic N) is 1. The van der Waals surface area contributed by atoms with Gasteiger partial charge in [0.25, 0.3) is 0 Å². The maximum atomic E-state index is 12.2.